The van der Waals surface area contributed by atoms with Gasteiger partial charge in [-0.3, -0.25) is 10.2 Å². The Morgan fingerprint density at radius 2 is 1.72 bits per heavy atom. The van der Waals surface area contributed by atoms with E-state index in [9.17, 15) is 4.79 Å². The molecule has 4 N–H and O–H groups in total. The number of rotatable bonds is 8. The summed E-state index contributed by atoms with van der Waals surface area (Å²) in [5.41, 5.74) is 10.0. The quantitative estimate of drug-likeness (QED) is 0.405. The molecule has 5 nitrogen and oxygen atoms in total. The van der Waals surface area contributed by atoms with Crippen molar-refractivity contribution < 1.29 is 9.53 Å². The zero-order valence-electron chi connectivity index (χ0n) is 16.4. The topological polar surface area (TPSA) is 88.2 Å². The summed E-state index contributed by atoms with van der Waals surface area (Å²) in [6.07, 6.45) is -0.734. The fourth-order valence-electron chi connectivity index (χ4n) is 2.95. The van der Waals surface area contributed by atoms with Crippen LogP contribution in [0.4, 0.5) is 0 Å². The molecular formula is C24H25N3O2. The Kier molecular flexibility index (Phi) is 6.76. The lowest BCUT2D eigenvalue weighted by atomic mass is 10.1. The summed E-state index contributed by atoms with van der Waals surface area (Å²) < 4.78 is 5.99. The summed E-state index contributed by atoms with van der Waals surface area (Å²) in [5, 5.41) is 10.5. The predicted molar refractivity (Wildman–Crippen MR) is 114 cm³/mol. The number of amidine groups is 1. The lowest BCUT2D eigenvalue weighted by Gasteiger charge is -2.18. The van der Waals surface area contributed by atoms with Crippen LogP contribution in [0.15, 0.2) is 78.9 Å². The van der Waals surface area contributed by atoms with Crippen molar-refractivity contribution in [3.63, 3.8) is 0 Å². The number of hydrogen-bond donors (Lipinski definition) is 3. The van der Waals surface area contributed by atoms with Crippen LogP contribution in [-0.2, 0) is 22.7 Å². The third-order valence-electron chi connectivity index (χ3n) is 4.58. The molecule has 0 aromatic heterocycles. The second kappa shape index (κ2) is 9.66. The lowest BCUT2D eigenvalue weighted by Crippen LogP contribution is -2.30. The van der Waals surface area contributed by atoms with Gasteiger partial charge in [-0.1, -0.05) is 78.4 Å². The van der Waals surface area contributed by atoms with Crippen molar-refractivity contribution in [3.05, 3.63) is 107 Å². The second-order valence-corrected chi connectivity index (χ2v) is 6.92. The zero-order valence-corrected chi connectivity index (χ0v) is 16.4. The molecule has 1 amide bonds. The van der Waals surface area contributed by atoms with Crippen LogP contribution < -0.4 is 11.1 Å². The van der Waals surface area contributed by atoms with Crippen LogP contribution in [0.5, 0.6) is 0 Å². The van der Waals surface area contributed by atoms with E-state index in [-0.39, 0.29) is 18.3 Å². The van der Waals surface area contributed by atoms with Gasteiger partial charge >= 0.3 is 0 Å². The molecular weight excluding hydrogens is 362 g/mol. The number of benzene rings is 3. The Balaban J connectivity index is 1.71. The summed E-state index contributed by atoms with van der Waals surface area (Å²) in [7, 11) is 0. The third kappa shape index (κ3) is 5.77. The maximum absolute atomic E-state index is 12.9. The normalized spacial score (nSPS) is 11.6. The van der Waals surface area contributed by atoms with Crippen molar-refractivity contribution in [1.29, 1.82) is 5.41 Å². The van der Waals surface area contributed by atoms with Crippen molar-refractivity contribution in [2.45, 2.75) is 26.2 Å². The molecule has 0 saturated heterocycles. The predicted octanol–water partition coefficient (Wildman–Crippen LogP) is 3.85. The largest absolute Gasteiger partial charge is 0.384 e. The summed E-state index contributed by atoms with van der Waals surface area (Å²) in [6.45, 7) is 2.70. The van der Waals surface area contributed by atoms with Crippen LogP contribution in [0.1, 0.15) is 33.9 Å². The molecule has 5 heteroatoms. The summed E-state index contributed by atoms with van der Waals surface area (Å²) in [6, 6.07) is 24.8. The Labute approximate surface area is 171 Å². The fraction of sp³-hybridized carbons (Fsp3) is 0.167. The molecule has 3 rings (SSSR count). The number of amides is 1. The number of nitrogens with one attached hydrogen (secondary N) is 2. The first kappa shape index (κ1) is 20.3. The number of hydrogen-bond acceptors (Lipinski definition) is 3. The number of aryl methyl sites for hydroxylation is 1. The van der Waals surface area contributed by atoms with E-state index >= 15 is 0 Å². The molecule has 0 aliphatic carbocycles. The van der Waals surface area contributed by atoms with Crippen LogP contribution in [0.2, 0.25) is 0 Å². The summed E-state index contributed by atoms with van der Waals surface area (Å²) in [4.78, 5) is 12.9. The highest BCUT2D eigenvalue weighted by molar-refractivity contribution is 5.95. The number of nitrogen functional groups attached to an aromatic ring is 1. The second-order valence-electron chi connectivity index (χ2n) is 6.92. The summed E-state index contributed by atoms with van der Waals surface area (Å²) in [5.74, 6) is -0.193. The van der Waals surface area contributed by atoms with E-state index in [0.29, 0.717) is 12.1 Å². The van der Waals surface area contributed by atoms with Crippen LogP contribution in [0.25, 0.3) is 0 Å². The first-order valence-electron chi connectivity index (χ1n) is 9.46. The van der Waals surface area contributed by atoms with Gasteiger partial charge in [-0.2, -0.15) is 0 Å². The Morgan fingerprint density at radius 1 is 1.00 bits per heavy atom. The fourth-order valence-corrected chi connectivity index (χ4v) is 2.95. The number of nitrogens with two attached hydrogens (primary N) is 1. The highest BCUT2D eigenvalue weighted by Gasteiger charge is 2.21. The van der Waals surface area contributed by atoms with Gasteiger partial charge in [-0.15, -0.1) is 0 Å². The zero-order chi connectivity index (χ0) is 20.6. The van der Waals surface area contributed by atoms with E-state index in [1.54, 1.807) is 12.1 Å². The molecule has 0 spiro atoms. The van der Waals surface area contributed by atoms with Gasteiger partial charge in [0.25, 0.3) is 5.91 Å². The van der Waals surface area contributed by atoms with Gasteiger partial charge in [0, 0.05) is 12.1 Å². The van der Waals surface area contributed by atoms with Crippen LogP contribution in [-0.4, -0.2) is 11.7 Å². The average molecular weight is 387 g/mol. The molecule has 1 atom stereocenters. The molecule has 1 unspecified atom stereocenters. The number of ether oxygens (including phenoxy) is 1. The number of carbonyl (C=O) groups excluding carboxylic acids is 1. The molecule has 0 radical (unpaired) electrons. The minimum atomic E-state index is -0.734. The van der Waals surface area contributed by atoms with Crippen molar-refractivity contribution in [2.75, 3.05) is 0 Å². The monoisotopic (exact) mass is 387 g/mol. The highest BCUT2D eigenvalue weighted by Crippen LogP contribution is 2.20. The molecule has 3 aromatic carbocycles. The Hall–Kier alpha value is -3.44. The minimum Gasteiger partial charge on any atom is -0.384 e. The highest BCUT2D eigenvalue weighted by atomic mass is 16.5. The van der Waals surface area contributed by atoms with Crippen molar-refractivity contribution in [1.82, 2.24) is 5.32 Å². The van der Waals surface area contributed by atoms with Crippen LogP contribution in [0.3, 0.4) is 0 Å². The van der Waals surface area contributed by atoms with Crippen LogP contribution >= 0.6 is 0 Å². The van der Waals surface area contributed by atoms with Gasteiger partial charge in [-0.05, 0) is 29.7 Å². The smallest absolute Gasteiger partial charge is 0.254 e. The summed E-state index contributed by atoms with van der Waals surface area (Å²) >= 11 is 0. The third-order valence-corrected chi connectivity index (χ3v) is 4.58. The minimum absolute atomic E-state index is 0.00213. The van der Waals surface area contributed by atoms with Crippen molar-refractivity contribution >= 4 is 11.7 Å². The first-order valence-corrected chi connectivity index (χ1v) is 9.46. The Morgan fingerprint density at radius 3 is 2.41 bits per heavy atom. The maximum atomic E-state index is 12.9. The standard InChI is InChI=1S/C24H25N3O2/c1-17-10-12-18(13-11-17)15-27-24(28)22(20-7-3-2-4-8-20)29-16-19-6-5-9-21(14-19)23(25)26/h2-14,22H,15-16H2,1H3,(H3,25,26)(H,27,28). The van der Waals surface area contributed by atoms with Crippen LogP contribution in [0, 0.1) is 12.3 Å². The average Bonchev–Trinajstić information content (AvgIpc) is 2.74. The molecule has 0 heterocycles. The van der Waals surface area contributed by atoms with E-state index in [2.05, 4.69) is 5.32 Å². The van der Waals surface area contributed by atoms with E-state index in [1.807, 2.05) is 73.7 Å². The van der Waals surface area contributed by atoms with Gasteiger partial charge in [0.2, 0.25) is 0 Å². The van der Waals surface area contributed by atoms with E-state index in [0.717, 1.165) is 16.7 Å². The van der Waals surface area contributed by atoms with Crippen molar-refractivity contribution in [3.8, 4) is 0 Å². The van der Waals surface area contributed by atoms with Gasteiger partial charge in [0.1, 0.15) is 5.84 Å². The number of carbonyl (C=O) groups is 1. The van der Waals surface area contributed by atoms with E-state index < -0.39 is 6.10 Å². The lowest BCUT2D eigenvalue weighted by molar-refractivity contribution is -0.134. The Bertz CT molecular complexity index is 969. The SMILES string of the molecule is Cc1ccc(CNC(=O)C(OCc2cccc(C(=N)N)c2)c2ccccc2)cc1. The van der Waals surface area contributed by atoms with Gasteiger partial charge in [0.05, 0.1) is 6.61 Å². The molecule has 3 aromatic rings. The maximum Gasteiger partial charge on any atom is 0.254 e. The first-order chi connectivity index (χ1) is 14.0. The molecule has 0 fully saturated rings. The molecule has 0 aliphatic rings. The molecule has 0 aliphatic heterocycles. The van der Waals surface area contributed by atoms with E-state index in [4.69, 9.17) is 15.9 Å². The molecule has 29 heavy (non-hydrogen) atoms. The molecule has 148 valence electrons. The molecule has 0 saturated carbocycles. The van der Waals surface area contributed by atoms with Gasteiger partial charge in [0.15, 0.2) is 6.10 Å². The van der Waals surface area contributed by atoms with Gasteiger partial charge in [-0.25, -0.2) is 0 Å². The van der Waals surface area contributed by atoms with E-state index in [1.165, 1.54) is 5.56 Å². The van der Waals surface area contributed by atoms with Gasteiger partial charge < -0.3 is 15.8 Å². The van der Waals surface area contributed by atoms with Crippen molar-refractivity contribution in [2.24, 2.45) is 5.73 Å². The molecule has 0 bridgehead atoms.